The van der Waals surface area contributed by atoms with Crippen molar-refractivity contribution in [3.05, 3.63) is 29.8 Å². The topological polar surface area (TPSA) is 59.1 Å². The molecule has 0 bridgehead atoms. The zero-order chi connectivity index (χ0) is 17.2. The quantitative estimate of drug-likeness (QED) is 0.824. The first kappa shape index (κ1) is 16.8. The van der Waals surface area contributed by atoms with Crippen molar-refractivity contribution in [2.24, 2.45) is 0 Å². The molecule has 0 aliphatic carbocycles. The van der Waals surface area contributed by atoms with Crippen molar-refractivity contribution in [2.75, 3.05) is 39.9 Å². The third-order valence-electron chi connectivity index (χ3n) is 4.99. The maximum Gasteiger partial charge on any atom is 0.254 e. The lowest BCUT2D eigenvalue weighted by molar-refractivity contribution is -0.145. The van der Waals surface area contributed by atoms with Crippen molar-refractivity contribution in [1.82, 2.24) is 9.80 Å². The second-order valence-electron chi connectivity index (χ2n) is 6.49. The van der Waals surface area contributed by atoms with Gasteiger partial charge in [0.1, 0.15) is 5.75 Å². The van der Waals surface area contributed by atoms with Gasteiger partial charge in [-0.1, -0.05) is 0 Å². The lowest BCUT2D eigenvalue weighted by Crippen LogP contribution is -2.58. The van der Waals surface area contributed by atoms with Crippen LogP contribution in [0, 0.1) is 0 Å². The number of carbonyl (C=O) groups excluding carboxylic acids is 2. The first-order valence-corrected chi connectivity index (χ1v) is 8.36. The maximum absolute atomic E-state index is 12.8. The van der Waals surface area contributed by atoms with Gasteiger partial charge < -0.3 is 19.3 Å². The van der Waals surface area contributed by atoms with Crippen LogP contribution < -0.4 is 4.74 Å². The van der Waals surface area contributed by atoms with Crippen molar-refractivity contribution in [3.63, 3.8) is 0 Å². The van der Waals surface area contributed by atoms with Gasteiger partial charge in [0.25, 0.3) is 5.91 Å². The molecule has 24 heavy (non-hydrogen) atoms. The number of amides is 2. The summed E-state index contributed by atoms with van der Waals surface area (Å²) in [5.41, 5.74) is 0.348. The molecule has 2 aliphatic heterocycles. The highest BCUT2D eigenvalue weighted by molar-refractivity contribution is 5.94. The molecule has 0 unspecified atom stereocenters. The normalized spacial score (nSPS) is 20.1. The Morgan fingerprint density at radius 1 is 1.08 bits per heavy atom. The number of rotatable bonds is 2. The van der Waals surface area contributed by atoms with E-state index in [1.165, 1.54) is 0 Å². The highest BCUT2D eigenvalue weighted by atomic mass is 16.5. The fourth-order valence-electron chi connectivity index (χ4n) is 3.47. The Hall–Kier alpha value is -2.08. The summed E-state index contributed by atoms with van der Waals surface area (Å²) >= 11 is 0. The third kappa shape index (κ3) is 3.38. The summed E-state index contributed by atoms with van der Waals surface area (Å²) in [7, 11) is 1.61. The van der Waals surface area contributed by atoms with Gasteiger partial charge in [0.2, 0.25) is 5.91 Å². The van der Waals surface area contributed by atoms with E-state index < -0.39 is 0 Å². The van der Waals surface area contributed by atoms with Crippen LogP contribution in [0.15, 0.2) is 24.3 Å². The van der Waals surface area contributed by atoms with Crippen LogP contribution in [0.5, 0.6) is 5.75 Å². The second-order valence-corrected chi connectivity index (χ2v) is 6.49. The summed E-state index contributed by atoms with van der Waals surface area (Å²) in [4.78, 5) is 28.0. The molecule has 2 amide bonds. The van der Waals surface area contributed by atoms with Crippen LogP contribution in [0.2, 0.25) is 0 Å². The number of morpholine rings is 1. The molecule has 6 nitrogen and oxygen atoms in total. The summed E-state index contributed by atoms with van der Waals surface area (Å²) in [5.74, 6) is 0.864. The fraction of sp³-hybridized carbons (Fsp3) is 0.556. The maximum atomic E-state index is 12.8. The lowest BCUT2D eigenvalue weighted by atomic mass is 9.89. The average molecular weight is 332 g/mol. The van der Waals surface area contributed by atoms with E-state index >= 15 is 0 Å². The third-order valence-corrected chi connectivity index (χ3v) is 4.99. The number of nitrogens with zero attached hydrogens (tertiary/aromatic N) is 2. The Balaban J connectivity index is 1.66. The Kier molecular flexibility index (Phi) is 4.76. The predicted molar refractivity (Wildman–Crippen MR) is 89.1 cm³/mol. The number of piperidine rings is 1. The smallest absolute Gasteiger partial charge is 0.254 e. The molecule has 0 saturated carbocycles. The standard InChI is InChI=1S/C18H24N2O4/c1-14(21)19-9-7-18(8-10-19)13-20(11-12-24-18)17(22)15-3-5-16(23-2)6-4-15/h3-6H,7-13H2,1-2H3. The Morgan fingerprint density at radius 2 is 1.75 bits per heavy atom. The van der Waals surface area contributed by atoms with Crippen molar-refractivity contribution in [3.8, 4) is 5.75 Å². The van der Waals surface area contributed by atoms with E-state index in [1.54, 1.807) is 38.3 Å². The molecule has 0 aromatic heterocycles. The summed E-state index contributed by atoms with van der Waals surface area (Å²) in [5, 5.41) is 0. The largest absolute Gasteiger partial charge is 0.497 e. The number of carbonyl (C=O) groups is 2. The fourth-order valence-corrected chi connectivity index (χ4v) is 3.47. The zero-order valence-corrected chi connectivity index (χ0v) is 14.3. The molecule has 1 aromatic rings. The average Bonchev–Trinajstić information content (AvgIpc) is 2.61. The summed E-state index contributed by atoms with van der Waals surface area (Å²) < 4.78 is 11.2. The summed E-state index contributed by atoms with van der Waals surface area (Å²) in [6.07, 6.45) is 1.55. The van der Waals surface area contributed by atoms with E-state index in [4.69, 9.17) is 9.47 Å². The van der Waals surface area contributed by atoms with Crippen LogP contribution in [-0.4, -0.2) is 67.1 Å². The molecule has 2 saturated heterocycles. The SMILES string of the molecule is COc1ccc(C(=O)N2CCOC3(CCN(C(C)=O)CC3)C2)cc1. The van der Waals surface area contributed by atoms with Gasteiger partial charge in [-0.3, -0.25) is 9.59 Å². The zero-order valence-electron chi connectivity index (χ0n) is 14.3. The van der Waals surface area contributed by atoms with Crippen LogP contribution in [0.3, 0.4) is 0 Å². The van der Waals surface area contributed by atoms with Gasteiger partial charge >= 0.3 is 0 Å². The van der Waals surface area contributed by atoms with Gasteiger partial charge in [-0.25, -0.2) is 0 Å². The molecule has 0 N–H and O–H groups in total. The molecular weight excluding hydrogens is 308 g/mol. The lowest BCUT2D eigenvalue weighted by Gasteiger charge is -2.47. The van der Waals surface area contributed by atoms with Gasteiger partial charge in [-0.2, -0.15) is 0 Å². The molecule has 3 rings (SSSR count). The van der Waals surface area contributed by atoms with Crippen molar-refractivity contribution in [2.45, 2.75) is 25.4 Å². The minimum Gasteiger partial charge on any atom is -0.497 e. The number of hydrogen-bond donors (Lipinski definition) is 0. The van der Waals surface area contributed by atoms with Crippen LogP contribution in [-0.2, 0) is 9.53 Å². The Bertz CT molecular complexity index is 606. The minimum absolute atomic E-state index is 0.0225. The predicted octanol–water partition coefficient (Wildman–Crippen LogP) is 1.55. The molecule has 6 heteroatoms. The second kappa shape index (κ2) is 6.81. The number of likely N-dealkylation sites (tertiary alicyclic amines) is 1. The van der Waals surface area contributed by atoms with E-state index in [2.05, 4.69) is 0 Å². The first-order chi connectivity index (χ1) is 11.5. The highest BCUT2D eigenvalue weighted by Gasteiger charge is 2.41. The monoisotopic (exact) mass is 332 g/mol. The molecule has 2 aliphatic rings. The van der Waals surface area contributed by atoms with E-state index in [1.807, 2.05) is 9.80 Å². The van der Waals surface area contributed by atoms with Crippen LogP contribution in [0.4, 0.5) is 0 Å². The van der Waals surface area contributed by atoms with Gasteiger partial charge in [0, 0.05) is 32.1 Å². The van der Waals surface area contributed by atoms with Gasteiger partial charge in [-0.05, 0) is 37.1 Å². The molecular formula is C18H24N2O4. The number of ether oxygens (including phenoxy) is 2. The van der Waals surface area contributed by atoms with Crippen molar-refractivity contribution in [1.29, 1.82) is 0 Å². The van der Waals surface area contributed by atoms with Gasteiger partial charge in [-0.15, -0.1) is 0 Å². The minimum atomic E-state index is -0.313. The molecule has 2 fully saturated rings. The van der Waals surface area contributed by atoms with Crippen LogP contribution in [0.1, 0.15) is 30.1 Å². The Labute approximate surface area is 142 Å². The van der Waals surface area contributed by atoms with Gasteiger partial charge in [0.15, 0.2) is 0 Å². The summed E-state index contributed by atoms with van der Waals surface area (Å²) in [6, 6.07) is 7.19. The van der Waals surface area contributed by atoms with E-state index in [-0.39, 0.29) is 17.4 Å². The molecule has 2 heterocycles. The number of benzene rings is 1. The molecule has 1 spiro atoms. The van der Waals surface area contributed by atoms with Crippen molar-refractivity contribution < 1.29 is 19.1 Å². The molecule has 130 valence electrons. The van der Waals surface area contributed by atoms with E-state index in [9.17, 15) is 9.59 Å². The van der Waals surface area contributed by atoms with Crippen LogP contribution >= 0.6 is 0 Å². The Morgan fingerprint density at radius 3 is 2.33 bits per heavy atom. The van der Waals surface area contributed by atoms with Crippen molar-refractivity contribution >= 4 is 11.8 Å². The molecule has 0 radical (unpaired) electrons. The summed E-state index contributed by atoms with van der Waals surface area (Å²) in [6.45, 7) is 4.72. The number of methoxy groups -OCH3 is 1. The first-order valence-electron chi connectivity index (χ1n) is 8.36. The van der Waals surface area contributed by atoms with Crippen LogP contribution in [0.25, 0.3) is 0 Å². The molecule has 0 atom stereocenters. The molecule has 1 aromatic carbocycles. The van der Waals surface area contributed by atoms with Gasteiger partial charge in [0.05, 0.1) is 25.9 Å². The van der Waals surface area contributed by atoms with E-state index in [0.29, 0.717) is 38.3 Å². The van der Waals surface area contributed by atoms with E-state index in [0.717, 1.165) is 18.6 Å². The highest BCUT2D eigenvalue weighted by Crippen LogP contribution is 2.31. The number of hydrogen-bond acceptors (Lipinski definition) is 4.